The number of ketones is 1. The number of benzene rings is 2. The maximum absolute atomic E-state index is 12.8. The predicted molar refractivity (Wildman–Crippen MR) is 93.9 cm³/mol. The number of hydrogen-bond acceptors (Lipinski definition) is 2. The average Bonchev–Trinajstić information content (AvgIpc) is 2.50. The van der Waals surface area contributed by atoms with E-state index in [1.807, 2.05) is 36.4 Å². The number of fused-ring (bicyclic) bond motifs is 1. The Balaban J connectivity index is 2.05. The molecular weight excluding hydrogens is 445 g/mol. The summed E-state index contributed by atoms with van der Waals surface area (Å²) in [5, 5.41) is 0. The Morgan fingerprint density at radius 3 is 2.76 bits per heavy atom. The van der Waals surface area contributed by atoms with E-state index in [0.717, 1.165) is 8.04 Å². The van der Waals surface area contributed by atoms with E-state index >= 15 is 0 Å². The average molecular weight is 456 g/mol. The van der Waals surface area contributed by atoms with Gasteiger partial charge in [-0.2, -0.15) is 0 Å². The Bertz CT molecular complexity index is 745. The number of Topliss-reactive ketones (excluding diaryl/α,β-unsaturated/α-hetero) is 1. The van der Waals surface area contributed by atoms with E-state index in [4.69, 9.17) is 0 Å². The summed E-state index contributed by atoms with van der Waals surface area (Å²) in [7, 11) is 0. The molecule has 21 heavy (non-hydrogen) atoms. The third kappa shape index (κ3) is 2.76. The first-order chi connectivity index (χ1) is 10.1. The third-order valence-electron chi connectivity index (χ3n) is 3.46. The van der Waals surface area contributed by atoms with Crippen LogP contribution in [0.5, 0.6) is 0 Å². The lowest BCUT2D eigenvalue weighted by molar-refractivity contribution is 0.0954. The summed E-state index contributed by atoms with van der Waals surface area (Å²) in [5.74, 6) is 0.0108. The molecule has 106 valence electrons. The van der Waals surface area contributed by atoms with Crippen LogP contribution in [0.25, 0.3) is 0 Å². The number of rotatable bonds is 1. The smallest absolute Gasteiger partial charge is 0.259 e. The molecule has 0 unspecified atom stereocenters. The quantitative estimate of drug-likeness (QED) is 0.601. The van der Waals surface area contributed by atoms with Gasteiger partial charge in [-0.1, -0.05) is 12.1 Å². The second-order valence-corrected chi connectivity index (χ2v) is 6.87. The molecule has 0 aromatic heterocycles. The summed E-state index contributed by atoms with van der Waals surface area (Å²) in [6, 6.07) is 12.9. The number of halogens is 2. The minimum Gasteiger partial charge on any atom is -0.307 e. The molecule has 0 atom stereocenters. The molecule has 0 fully saturated rings. The second-order valence-electron chi connectivity index (χ2n) is 4.77. The molecule has 2 aromatic rings. The summed E-state index contributed by atoms with van der Waals surface area (Å²) in [6.07, 6.45) is 0.365. The van der Waals surface area contributed by atoms with Crippen LogP contribution in [0.3, 0.4) is 0 Å². The van der Waals surface area contributed by atoms with Crippen molar-refractivity contribution < 1.29 is 9.59 Å². The standard InChI is InChI=1S/C16H11BrINO2/c17-13-6-5-10(18)9-12(13)16(21)19-8-7-15(20)11-3-1-2-4-14(11)19/h1-6,9H,7-8H2. The van der Waals surface area contributed by atoms with Gasteiger partial charge in [0.1, 0.15) is 0 Å². The molecule has 3 rings (SSSR count). The van der Waals surface area contributed by atoms with Crippen molar-refractivity contribution in [1.29, 1.82) is 0 Å². The molecule has 0 bridgehead atoms. The minimum atomic E-state index is -0.0830. The fourth-order valence-electron chi connectivity index (χ4n) is 2.43. The predicted octanol–water partition coefficient (Wildman–Crippen LogP) is 4.29. The zero-order chi connectivity index (χ0) is 15.0. The lowest BCUT2D eigenvalue weighted by Gasteiger charge is -2.29. The van der Waals surface area contributed by atoms with Gasteiger partial charge in [0.2, 0.25) is 0 Å². The minimum absolute atomic E-state index is 0.0830. The van der Waals surface area contributed by atoms with Crippen LogP contribution in [-0.2, 0) is 0 Å². The van der Waals surface area contributed by atoms with Crippen molar-refractivity contribution in [1.82, 2.24) is 0 Å². The maximum atomic E-state index is 12.8. The Hall–Kier alpha value is -1.21. The highest BCUT2D eigenvalue weighted by atomic mass is 127. The lowest BCUT2D eigenvalue weighted by atomic mass is 9.99. The van der Waals surface area contributed by atoms with Crippen molar-refractivity contribution in [3.8, 4) is 0 Å². The zero-order valence-corrected chi connectivity index (χ0v) is 14.7. The van der Waals surface area contributed by atoms with Gasteiger partial charge >= 0.3 is 0 Å². The topological polar surface area (TPSA) is 37.4 Å². The highest BCUT2D eigenvalue weighted by Crippen LogP contribution is 2.30. The number of hydrogen-bond donors (Lipinski definition) is 0. The Labute approximate surface area is 144 Å². The number of para-hydroxylation sites is 1. The third-order valence-corrected chi connectivity index (χ3v) is 4.82. The number of nitrogens with zero attached hydrogens (tertiary/aromatic N) is 1. The van der Waals surface area contributed by atoms with Gasteiger partial charge in [0, 0.05) is 26.6 Å². The number of carbonyl (C=O) groups is 2. The Kier molecular flexibility index (Phi) is 4.12. The normalized spacial score (nSPS) is 14.0. The Morgan fingerprint density at radius 1 is 1.19 bits per heavy atom. The zero-order valence-electron chi connectivity index (χ0n) is 11.0. The molecular formula is C16H11BrINO2. The second kappa shape index (κ2) is 5.88. The van der Waals surface area contributed by atoms with E-state index in [1.54, 1.807) is 11.0 Å². The first-order valence-electron chi connectivity index (χ1n) is 6.47. The lowest BCUT2D eigenvalue weighted by Crippen LogP contribution is -2.37. The molecule has 0 saturated carbocycles. The molecule has 1 aliphatic rings. The molecule has 5 heteroatoms. The SMILES string of the molecule is O=C1CCN(C(=O)c2cc(I)ccc2Br)c2ccccc21. The summed E-state index contributed by atoms with van der Waals surface area (Å²) in [6.45, 7) is 0.423. The summed E-state index contributed by atoms with van der Waals surface area (Å²) < 4.78 is 1.77. The van der Waals surface area contributed by atoms with Crippen LogP contribution in [0, 0.1) is 3.57 Å². The van der Waals surface area contributed by atoms with Crippen LogP contribution in [-0.4, -0.2) is 18.2 Å². The van der Waals surface area contributed by atoms with Gasteiger partial charge in [-0.05, 0) is 68.9 Å². The van der Waals surface area contributed by atoms with Gasteiger partial charge in [-0.15, -0.1) is 0 Å². The maximum Gasteiger partial charge on any atom is 0.259 e. The first-order valence-corrected chi connectivity index (χ1v) is 8.34. The number of amides is 1. The van der Waals surface area contributed by atoms with Gasteiger partial charge in [0.25, 0.3) is 5.91 Å². The number of carbonyl (C=O) groups excluding carboxylic acids is 2. The molecule has 1 aliphatic heterocycles. The number of anilines is 1. The molecule has 0 radical (unpaired) electrons. The van der Waals surface area contributed by atoms with E-state index < -0.39 is 0 Å². The molecule has 0 aliphatic carbocycles. The van der Waals surface area contributed by atoms with Crippen LogP contribution in [0.1, 0.15) is 27.1 Å². The van der Waals surface area contributed by atoms with Crippen LogP contribution in [0.2, 0.25) is 0 Å². The fourth-order valence-corrected chi connectivity index (χ4v) is 3.34. The van der Waals surface area contributed by atoms with Gasteiger partial charge in [0.15, 0.2) is 5.78 Å². The van der Waals surface area contributed by atoms with Crippen molar-refractivity contribution in [2.24, 2.45) is 0 Å². The summed E-state index contributed by atoms with van der Waals surface area (Å²) in [5.41, 5.74) is 1.94. The molecule has 0 saturated heterocycles. The molecule has 1 heterocycles. The largest absolute Gasteiger partial charge is 0.307 e. The highest BCUT2D eigenvalue weighted by Gasteiger charge is 2.28. The van der Waals surface area contributed by atoms with Gasteiger partial charge in [-0.3, -0.25) is 9.59 Å². The van der Waals surface area contributed by atoms with Crippen molar-refractivity contribution >= 4 is 55.9 Å². The molecule has 2 aromatic carbocycles. The van der Waals surface area contributed by atoms with Crippen molar-refractivity contribution in [2.45, 2.75) is 6.42 Å². The first kappa shape index (κ1) is 14.7. The Morgan fingerprint density at radius 2 is 1.95 bits per heavy atom. The van der Waals surface area contributed by atoms with E-state index in [-0.39, 0.29) is 11.7 Å². The van der Waals surface area contributed by atoms with E-state index in [9.17, 15) is 9.59 Å². The monoisotopic (exact) mass is 455 g/mol. The van der Waals surface area contributed by atoms with Crippen molar-refractivity contribution in [3.05, 3.63) is 61.6 Å². The van der Waals surface area contributed by atoms with Gasteiger partial charge in [-0.25, -0.2) is 0 Å². The van der Waals surface area contributed by atoms with Crippen LogP contribution < -0.4 is 4.90 Å². The molecule has 0 spiro atoms. The van der Waals surface area contributed by atoms with Crippen molar-refractivity contribution in [3.63, 3.8) is 0 Å². The van der Waals surface area contributed by atoms with Crippen LogP contribution in [0.4, 0.5) is 5.69 Å². The van der Waals surface area contributed by atoms with Crippen molar-refractivity contribution in [2.75, 3.05) is 11.4 Å². The summed E-state index contributed by atoms with van der Waals surface area (Å²) >= 11 is 5.62. The fraction of sp³-hybridized carbons (Fsp3) is 0.125. The highest BCUT2D eigenvalue weighted by molar-refractivity contribution is 14.1. The molecule has 0 N–H and O–H groups in total. The molecule has 3 nitrogen and oxygen atoms in total. The van der Waals surface area contributed by atoms with Crippen LogP contribution in [0.15, 0.2) is 46.9 Å². The summed E-state index contributed by atoms with van der Waals surface area (Å²) in [4.78, 5) is 26.5. The van der Waals surface area contributed by atoms with Gasteiger partial charge < -0.3 is 4.90 Å². The van der Waals surface area contributed by atoms with Gasteiger partial charge in [0.05, 0.1) is 11.3 Å². The van der Waals surface area contributed by atoms with E-state index in [0.29, 0.717) is 29.8 Å². The van der Waals surface area contributed by atoms with E-state index in [1.165, 1.54) is 0 Å². The molecule has 1 amide bonds. The van der Waals surface area contributed by atoms with Crippen LogP contribution >= 0.6 is 38.5 Å². The van der Waals surface area contributed by atoms with E-state index in [2.05, 4.69) is 38.5 Å².